The summed E-state index contributed by atoms with van der Waals surface area (Å²) in [5.41, 5.74) is 8.33. The van der Waals surface area contributed by atoms with Gasteiger partial charge in [0.1, 0.15) is 0 Å². The molecule has 0 bridgehead atoms. The van der Waals surface area contributed by atoms with E-state index >= 15 is 0 Å². The molecule has 0 aliphatic carbocycles. The minimum Gasteiger partial charge on any atom is -0.398 e. The average Bonchev–Trinajstić information content (AvgIpc) is 2.47. The van der Waals surface area contributed by atoms with Crippen LogP contribution in [0.1, 0.15) is 30.2 Å². The van der Waals surface area contributed by atoms with E-state index in [9.17, 15) is 5.11 Å². The van der Waals surface area contributed by atoms with Gasteiger partial charge in [0.05, 0.1) is 6.10 Å². The molecule has 0 aliphatic rings. The van der Waals surface area contributed by atoms with E-state index in [1.807, 2.05) is 49.5 Å². The zero-order valence-electron chi connectivity index (χ0n) is 12.3. The number of anilines is 1. The van der Waals surface area contributed by atoms with Crippen LogP contribution in [-0.4, -0.2) is 23.6 Å². The molecule has 3 nitrogen and oxygen atoms in total. The van der Waals surface area contributed by atoms with Crippen molar-refractivity contribution in [2.45, 2.75) is 19.1 Å². The Hall–Kier alpha value is -1.55. The Labute approximate surface area is 131 Å². The fourth-order valence-corrected chi connectivity index (χ4v) is 2.69. The van der Waals surface area contributed by atoms with Gasteiger partial charge >= 0.3 is 0 Å². The number of hydrogen-bond donors (Lipinski definition) is 2. The maximum absolute atomic E-state index is 10.4. The Morgan fingerprint density at radius 2 is 1.67 bits per heavy atom. The van der Waals surface area contributed by atoms with Crippen molar-refractivity contribution in [1.82, 2.24) is 4.90 Å². The average molecular weight is 305 g/mol. The lowest BCUT2D eigenvalue weighted by Crippen LogP contribution is -2.28. The van der Waals surface area contributed by atoms with E-state index in [1.54, 1.807) is 6.07 Å². The lowest BCUT2D eigenvalue weighted by molar-refractivity contribution is 0.109. The predicted molar refractivity (Wildman–Crippen MR) is 88.3 cm³/mol. The lowest BCUT2D eigenvalue weighted by atomic mass is 10.0. The number of nitrogen functional groups attached to an aromatic ring is 1. The van der Waals surface area contributed by atoms with Gasteiger partial charge < -0.3 is 10.8 Å². The molecular formula is C17H21ClN2O. The van der Waals surface area contributed by atoms with Crippen molar-refractivity contribution >= 4 is 17.3 Å². The van der Waals surface area contributed by atoms with Gasteiger partial charge in [0.2, 0.25) is 0 Å². The van der Waals surface area contributed by atoms with E-state index in [0.29, 0.717) is 12.2 Å². The normalized spacial score (nSPS) is 14.1. The Kier molecular flexibility index (Phi) is 5.23. The molecule has 0 aromatic heterocycles. The first-order valence-electron chi connectivity index (χ1n) is 6.98. The molecule has 4 heteroatoms. The summed E-state index contributed by atoms with van der Waals surface area (Å²) in [7, 11) is 1.97. The quantitative estimate of drug-likeness (QED) is 0.829. The van der Waals surface area contributed by atoms with Gasteiger partial charge in [0.15, 0.2) is 0 Å². The molecule has 0 saturated heterocycles. The molecule has 21 heavy (non-hydrogen) atoms. The molecule has 2 atom stereocenters. The summed E-state index contributed by atoms with van der Waals surface area (Å²) in [5, 5.41) is 11.1. The SMILES string of the molecule is CC(c1ccccc1Cl)N(C)CC(O)c1ccccc1N. The number of para-hydroxylation sites is 1. The summed E-state index contributed by atoms with van der Waals surface area (Å²) in [6.45, 7) is 2.56. The van der Waals surface area contributed by atoms with Crippen LogP contribution >= 0.6 is 11.6 Å². The highest BCUT2D eigenvalue weighted by Gasteiger charge is 2.19. The molecule has 0 heterocycles. The number of likely N-dealkylation sites (N-methyl/N-ethyl adjacent to an activating group) is 1. The third kappa shape index (κ3) is 3.76. The second-order valence-corrected chi connectivity index (χ2v) is 5.69. The number of rotatable bonds is 5. The molecule has 3 N–H and O–H groups in total. The molecule has 0 radical (unpaired) electrons. The largest absolute Gasteiger partial charge is 0.398 e. The minimum absolute atomic E-state index is 0.110. The molecule has 0 saturated carbocycles. The van der Waals surface area contributed by atoms with Crippen LogP contribution in [-0.2, 0) is 0 Å². The van der Waals surface area contributed by atoms with Crippen LogP contribution in [0.3, 0.4) is 0 Å². The Balaban J connectivity index is 2.09. The van der Waals surface area contributed by atoms with Gasteiger partial charge in [0.25, 0.3) is 0 Å². The van der Waals surface area contributed by atoms with Crippen molar-refractivity contribution < 1.29 is 5.11 Å². The Morgan fingerprint density at radius 3 is 2.29 bits per heavy atom. The molecule has 2 aromatic rings. The molecule has 2 rings (SSSR count). The maximum Gasteiger partial charge on any atom is 0.0936 e. The van der Waals surface area contributed by atoms with Crippen LogP contribution in [0.25, 0.3) is 0 Å². The van der Waals surface area contributed by atoms with E-state index in [1.165, 1.54) is 0 Å². The van der Waals surface area contributed by atoms with Gasteiger partial charge in [-0.1, -0.05) is 48.0 Å². The van der Waals surface area contributed by atoms with Crippen LogP contribution in [0.5, 0.6) is 0 Å². The summed E-state index contributed by atoms with van der Waals surface area (Å²) in [5.74, 6) is 0. The number of hydrogen-bond acceptors (Lipinski definition) is 3. The van der Waals surface area contributed by atoms with Gasteiger partial charge in [-0.15, -0.1) is 0 Å². The summed E-state index contributed by atoms with van der Waals surface area (Å²) in [6, 6.07) is 15.3. The fraction of sp³-hybridized carbons (Fsp3) is 0.294. The number of aliphatic hydroxyl groups is 1. The monoisotopic (exact) mass is 304 g/mol. The first-order chi connectivity index (χ1) is 10.0. The van der Waals surface area contributed by atoms with Gasteiger partial charge in [-0.05, 0) is 31.7 Å². The van der Waals surface area contributed by atoms with E-state index in [0.717, 1.165) is 16.1 Å². The number of benzene rings is 2. The van der Waals surface area contributed by atoms with Crippen LogP contribution in [0.15, 0.2) is 48.5 Å². The number of halogens is 1. The molecule has 0 amide bonds. The zero-order valence-corrected chi connectivity index (χ0v) is 13.1. The van der Waals surface area contributed by atoms with Crippen molar-refractivity contribution in [1.29, 1.82) is 0 Å². The Bertz CT molecular complexity index is 603. The highest BCUT2D eigenvalue weighted by molar-refractivity contribution is 6.31. The van der Waals surface area contributed by atoms with Crippen molar-refractivity contribution in [3.63, 3.8) is 0 Å². The van der Waals surface area contributed by atoms with Crippen molar-refractivity contribution in [2.75, 3.05) is 19.3 Å². The summed E-state index contributed by atoms with van der Waals surface area (Å²) in [4.78, 5) is 2.07. The topological polar surface area (TPSA) is 49.5 Å². The fourth-order valence-electron chi connectivity index (χ4n) is 2.39. The second kappa shape index (κ2) is 6.94. The predicted octanol–water partition coefficient (Wildman–Crippen LogP) is 3.65. The van der Waals surface area contributed by atoms with Crippen LogP contribution < -0.4 is 5.73 Å². The van der Waals surface area contributed by atoms with E-state index in [4.69, 9.17) is 17.3 Å². The van der Waals surface area contributed by atoms with Crippen LogP contribution in [0.2, 0.25) is 5.02 Å². The molecular weight excluding hydrogens is 284 g/mol. The number of aliphatic hydroxyl groups excluding tert-OH is 1. The van der Waals surface area contributed by atoms with Gasteiger partial charge in [-0.2, -0.15) is 0 Å². The molecule has 2 aromatic carbocycles. The first-order valence-corrected chi connectivity index (χ1v) is 7.35. The van der Waals surface area contributed by atoms with E-state index in [2.05, 4.69) is 11.8 Å². The lowest BCUT2D eigenvalue weighted by Gasteiger charge is -2.28. The van der Waals surface area contributed by atoms with Gasteiger partial charge in [-0.3, -0.25) is 4.90 Å². The standard InChI is InChI=1S/C17H21ClN2O/c1-12(13-7-3-5-9-15(13)18)20(2)11-17(21)14-8-4-6-10-16(14)19/h3-10,12,17,21H,11,19H2,1-2H3. The number of nitrogens with zero attached hydrogens (tertiary/aromatic N) is 1. The van der Waals surface area contributed by atoms with Crippen LogP contribution in [0, 0.1) is 0 Å². The minimum atomic E-state index is -0.624. The molecule has 0 aliphatic heterocycles. The van der Waals surface area contributed by atoms with Gasteiger partial charge in [0, 0.05) is 28.9 Å². The third-order valence-electron chi connectivity index (χ3n) is 3.83. The van der Waals surface area contributed by atoms with Crippen molar-refractivity contribution in [2.24, 2.45) is 0 Å². The van der Waals surface area contributed by atoms with Crippen molar-refractivity contribution in [3.05, 3.63) is 64.7 Å². The summed E-state index contributed by atoms with van der Waals surface area (Å²) >= 11 is 6.23. The van der Waals surface area contributed by atoms with E-state index in [-0.39, 0.29) is 6.04 Å². The second-order valence-electron chi connectivity index (χ2n) is 5.28. The summed E-state index contributed by atoms with van der Waals surface area (Å²) in [6.07, 6.45) is -0.624. The summed E-state index contributed by atoms with van der Waals surface area (Å²) < 4.78 is 0. The number of nitrogens with two attached hydrogens (primary N) is 1. The van der Waals surface area contributed by atoms with Crippen LogP contribution in [0.4, 0.5) is 5.69 Å². The third-order valence-corrected chi connectivity index (χ3v) is 4.18. The molecule has 0 spiro atoms. The highest BCUT2D eigenvalue weighted by atomic mass is 35.5. The maximum atomic E-state index is 10.4. The zero-order chi connectivity index (χ0) is 15.4. The molecule has 112 valence electrons. The Morgan fingerprint density at radius 1 is 1.10 bits per heavy atom. The smallest absolute Gasteiger partial charge is 0.0936 e. The molecule has 2 unspecified atom stereocenters. The molecule has 0 fully saturated rings. The van der Waals surface area contributed by atoms with Crippen molar-refractivity contribution in [3.8, 4) is 0 Å². The highest BCUT2D eigenvalue weighted by Crippen LogP contribution is 2.28. The van der Waals surface area contributed by atoms with Gasteiger partial charge in [-0.25, -0.2) is 0 Å². The first kappa shape index (κ1) is 15.8. The van der Waals surface area contributed by atoms with E-state index < -0.39 is 6.10 Å².